The van der Waals surface area contributed by atoms with E-state index in [0.29, 0.717) is 16.3 Å². The average molecular weight is 474 g/mol. The number of hydrogen-bond acceptors (Lipinski definition) is 5. The minimum absolute atomic E-state index is 0.0864. The smallest absolute Gasteiger partial charge is 0.271 e. The lowest BCUT2D eigenvalue weighted by Gasteiger charge is -2.13. The molecule has 8 nitrogen and oxygen atoms in total. The molecule has 9 heteroatoms. The van der Waals surface area contributed by atoms with Crippen LogP contribution in [0.4, 0.5) is 0 Å². The molecule has 0 bridgehead atoms. The van der Waals surface area contributed by atoms with Gasteiger partial charge in [-0.05, 0) is 48.4 Å². The summed E-state index contributed by atoms with van der Waals surface area (Å²) >= 11 is 5.90. The lowest BCUT2D eigenvalue weighted by molar-refractivity contribution is -0.113. The number of halogens is 1. The summed E-state index contributed by atoms with van der Waals surface area (Å²) in [7, 11) is 1.54. The molecule has 4 rings (SSSR count). The third-order valence-electron chi connectivity index (χ3n) is 5.25. The number of hydrogen-bond donors (Lipinski definition) is 0. The number of rotatable bonds is 5. The van der Waals surface area contributed by atoms with Gasteiger partial charge in [0.15, 0.2) is 5.49 Å². The Hall–Kier alpha value is -4.06. The zero-order valence-corrected chi connectivity index (χ0v) is 19.3. The van der Waals surface area contributed by atoms with Crippen LogP contribution in [0.25, 0.3) is 22.8 Å². The van der Waals surface area contributed by atoms with E-state index in [1.54, 1.807) is 47.2 Å². The van der Waals surface area contributed by atoms with Crippen LogP contribution in [0.1, 0.15) is 16.7 Å². The average Bonchev–Trinajstić information content (AvgIpc) is 2.83. The largest absolute Gasteiger partial charge is 0.383 e. The highest BCUT2D eigenvalue weighted by Gasteiger charge is 2.15. The Morgan fingerprint density at radius 1 is 1.26 bits per heavy atom. The van der Waals surface area contributed by atoms with E-state index in [1.807, 2.05) is 13.0 Å². The van der Waals surface area contributed by atoms with Gasteiger partial charge in [-0.25, -0.2) is 4.98 Å². The predicted molar refractivity (Wildman–Crippen MR) is 129 cm³/mol. The molecule has 0 saturated heterocycles. The number of nitrogens with zero attached hydrogens (tertiary/aromatic N) is 5. The van der Waals surface area contributed by atoms with Crippen molar-refractivity contribution in [3.8, 4) is 6.07 Å². The molecule has 3 heterocycles. The molecule has 0 saturated carbocycles. The van der Waals surface area contributed by atoms with Crippen molar-refractivity contribution in [2.75, 3.05) is 13.7 Å². The molecule has 0 radical (unpaired) electrons. The molecule has 4 aromatic rings. The van der Waals surface area contributed by atoms with Crippen LogP contribution in [0.3, 0.4) is 0 Å². The maximum absolute atomic E-state index is 13.2. The van der Waals surface area contributed by atoms with Gasteiger partial charge in [0.25, 0.3) is 11.5 Å². The van der Waals surface area contributed by atoms with Crippen LogP contribution in [0, 0.1) is 18.3 Å². The quantitative estimate of drug-likeness (QED) is 0.327. The van der Waals surface area contributed by atoms with E-state index in [4.69, 9.17) is 21.3 Å². The second-order valence-corrected chi connectivity index (χ2v) is 7.95. The van der Waals surface area contributed by atoms with Crippen molar-refractivity contribution in [2.24, 2.45) is 4.99 Å². The van der Waals surface area contributed by atoms with Crippen molar-refractivity contribution in [2.45, 2.75) is 13.5 Å². The van der Waals surface area contributed by atoms with Crippen LogP contribution in [-0.2, 0) is 16.1 Å². The molecule has 3 aromatic heterocycles. The maximum Gasteiger partial charge on any atom is 0.271 e. The zero-order chi connectivity index (χ0) is 24.2. The van der Waals surface area contributed by atoms with E-state index < -0.39 is 5.91 Å². The number of fused-ring (bicyclic) bond motifs is 2. The number of aryl methyl sites for hydroxylation is 1. The molecule has 0 aliphatic rings. The highest BCUT2D eigenvalue weighted by Crippen LogP contribution is 2.13. The third-order valence-corrected chi connectivity index (χ3v) is 5.50. The number of benzene rings is 1. The molecule has 0 aliphatic carbocycles. The molecule has 0 fully saturated rings. The van der Waals surface area contributed by atoms with Gasteiger partial charge < -0.3 is 9.30 Å². The van der Waals surface area contributed by atoms with E-state index >= 15 is 0 Å². The molecule has 170 valence electrons. The van der Waals surface area contributed by atoms with Gasteiger partial charge in [-0.2, -0.15) is 10.3 Å². The van der Waals surface area contributed by atoms with Crippen LogP contribution >= 0.6 is 11.6 Å². The number of carbonyl (C=O) groups excluding carboxylic acids is 1. The molecule has 0 atom stereocenters. The SMILES string of the molecule is COCCn1c(=NC(=O)C=Cc2ccc(Cl)cc2)c(C#N)cc2c(=O)n3cccc(C)c3nc21. The molecule has 1 amide bonds. The first-order valence-electron chi connectivity index (χ1n) is 10.4. The summed E-state index contributed by atoms with van der Waals surface area (Å²) in [5, 5.41) is 10.6. The van der Waals surface area contributed by atoms with E-state index in [0.717, 1.165) is 11.1 Å². The second kappa shape index (κ2) is 9.83. The molecule has 34 heavy (non-hydrogen) atoms. The van der Waals surface area contributed by atoms with Crippen LogP contribution < -0.4 is 11.0 Å². The van der Waals surface area contributed by atoms with Gasteiger partial charge in [0.05, 0.1) is 17.6 Å². The van der Waals surface area contributed by atoms with Crippen molar-refractivity contribution in [3.63, 3.8) is 0 Å². The summed E-state index contributed by atoms with van der Waals surface area (Å²) in [6, 6.07) is 14.1. The van der Waals surface area contributed by atoms with Gasteiger partial charge in [-0.1, -0.05) is 29.8 Å². The predicted octanol–water partition coefficient (Wildman–Crippen LogP) is 3.27. The number of methoxy groups -OCH3 is 1. The fourth-order valence-corrected chi connectivity index (χ4v) is 3.69. The second-order valence-electron chi connectivity index (χ2n) is 7.51. The number of carbonyl (C=O) groups is 1. The van der Waals surface area contributed by atoms with Crippen molar-refractivity contribution in [1.82, 2.24) is 14.0 Å². The molecular formula is C25H20ClN5O3. The van der Waals surface area contributed by atoms with E-state index in [2.05, 4.69) is 11.1 Å². The minimum atomic E-state index is -0.564. The summed E-state index contributed by atoms with van der Waals surface area (Å²) in [6.45, 7) is 2.36. The molecule has 0 spiro atoms. The Bertz CT molecular complexity index is 1610. The van der Waals surface area contributed by atoms with Gasteiger partial charge >= 0.3 is 0 Å². The summed E-state index contributed by atoms with van der Waals surface area (Å²) in [5.41, 5.74) is 2.28. The van der Waals surface area contributed by atoms with Crippen molar-refractivity contribution in [3.05, 3.63) is 92.3 Å². The molecule has 1 aromatic carbocycles. The van der Waals surface area contributed by atoms with Gasteiger partial charge in [-0.15, -0.1) is 0 Å². The minimum Gasteiger partial charge on any atom is -0.383 e. The number of amides is 1. The van der Waals surface area contributed by atoms with Crippen LogP contribution in [0.5, 0.6) is 0 Å². The fourth-order valence-electron chi connectivity index (χ4n) is 3.57. The number of aromatic nitrogens is 3. The van der Waals surface area contributed by atoms with Gasteiger partial charge in [0, 0.05) is 31.0 Å². The van der Waals surface area contributed by atoms with Gasteiger partial charge in [0.1, 0.15) is 17.4 Å². The van der Waals surface area contributed by atoms with Crippen molar-refractivity contribution < 1.29 is 9.53 Å². The Balaban J connectivity index is 1.96. The first kappa shape index (κ1) is 23.1. The first-order valence-corrected chi connectivity index (χ1v) is 10.8. The van der Waals surface area contributed by atoms with Crippen LogP contribution in [0.15, 0.2) is 64.5 Å². The summed E-state index contributed by atoms with van der Waals surface area (Å²) in [6.07, 6.45) is 4.55. The van der Waals surface area contributed by atoms with Crippen LogP contribution in [-0.4, -0.2) is 33.6 Å². The van der Waals surface area contributed by atoms with Gasteiger partial charge in [0.2, 0.25) is 0 Å². The monoisotopic (exact) mass is 473 g/mol. The number of pyridine rings is 2. The highest BCUT2D eigenvalue weighted by molar-refractivity contribution is 6.30. The highest BCUT2D eigenvalue weighted by atomic mass is 35.5. The van der Waals surface area contributed by atoms with Crippen LogP contribution in [0.2, 0.25) is 5.02 Å². The number of nitriles is 1. The zero-order valence-electron chi connectivity index (χ0n) is 18.5. The molecule has 0 N–H and O–H groups in total. The Morgan fingerprint density at radius 2 is 2.03 bits per heavy atom. The molecular weight excluding hydrogens is 454 g/mol. The standard InChI is InChI=1S/C25H20ClN5O3/c1-16-4-3-11-31-22(16)29-24-20(25(31)33)14-18(15-27)23(30(24)12-13-34-2)28-21(32)10-7-17-5-8-19(26)9-6-17/h3-11,14H,12-13H2,1-2H3. The lowest BCUT2D eigenvalue weighted by Crippen LogP contribution is -2.30. The first-order chi connectivity index (χ1) is 16.4. The van der Waals surface area contributed by atoms with E-state index in [-0.39, 0.29) is 35.1 Å². The Kier molecular flexibility index (Phi) is 6.68. The molecule has 0 aliphatic heterocycles. The fraction of sp³-hybridized carbons (Fsp3) is 0.160. The lowest BCUT2D eigenvalue weighted by atomic mass is 10.2. The van der Waals surface area contributed by atoms with E-state index in [9.17, 15) is 14.9 Å². The van der Waals surface area contributed by atoms with Crippen molar-refractivity contribution in [1.29, 1.82) is 5.26 Å². The molecule has 0 unspecified atom stereocenters. The van der Waals surface area contributed by atoms with Crippen molar-refractivity contribution >= 4 is 40.3 Å². The number of ether oxygens (including phenoxy) is 1. The summed E-state index contributed by atoms with van der Waals surface area (Å²) in [4.78, 5) is 34.8. The van der Waals surface area contributed by atoms with E-state index in [1.165, 1.54) is 23.7 Å². The van der Waals surface area contributed by atoms with Gasteiger partial charge in [-0.3, -0.25) is 14.0 Å². The Labute approximate surface area is 199 Å². The summed E-state index contributed by atoms with van der Waals surface area (Å²) in [5.74, 6) is -0.564. The Morgan fingerprint density at radius 3 is 2.74 bits per heavy atom. The third kappa shape index (κ3) is 4.53. The maximum atomic E-state index is 13.2. The normalized spacial score (nSPS) is 12.0. The topological polar surface area (TPSA) is 102 Å². The summed E-state index contributed by atoms with van der Waals surface area (Å²) < 4.78 is 8.24.